The number of nitrogens with zero attached hydrogens (tertiary/aromatic N) is 1. The lowest BCUT2D eigenvalue weighted by molar-refractivity contribution is -0.121. The monoisotopic (exact) mass is 263 g/mol. The van der Waals surface area contributed by atoms with Gasteiger partial charge in [0.2, 0.25) is 5.91 Å². The number of methoxy groups -OCH3 is 1. The Morgan fingerprint density at radius 2 is 2.26 bits per heavy atom. The minimum absolute atomic E-state index is 0.311. The number of primary amides is 1. The average molecular weight is 263 g/mol. The highest BCUT2D eigenvalue weighted by Crippen LogP contribution is 2.20. The summed E-state index contributed by atoms with van der Waals surface area (Å²) in [6.07, 6.45) is 1.42. The summed E-state index contributed by atoms with van der Waals surface area (Å²) in [6.45, 7) is 0.545. The lowest BCUT2D eigenvalue weighted by atomic mass is 10.2. The Kier molecular flexibility index (Phi) is 3.89. The van der Waals surface area contributed by atoms with Crippen molar-refractivity contribution >= 4 is 17.6 Å². The van der Waals surface area contributed by atoms with Crippen LogP contribution in [0.4, 0.5) is 10.5 Å². The zero-order valence-corrected chi connectivity index (χ0v) is 10.8. The smallest absolute Gasteiger partial charge is 0.322 e. The summed E-state index contributed by atoms with van der Waals surface area (Å²) >= 11 is 0. The number of carbonyl (C=O) groups excluding carboxylic acids is 2. The van der Waals surface area contributed by atoms with E-state index in [1.807, 2.05) is 0 Å². The summed E-state index contributed by atoms with van der Waals surface area (Å²) in [5.41, 5.74) is 5.91. The molecule has 102 valence electrons. The first kappa shape index (κ1) is 13.2. The van der Waals surface area contributed by atoms with Crippen LogP contribution >= 0.6 is 0 Å². The molecule has 1 aromatic rings. The van der Waals surface area contributed by atoms with E-state index in [0.717, 1.165) is 6.42 Å². The second-order valence-corrected chi connectivity index (χ2v) is 4.42. The number of anilines is 1. The van der Waals surface area contributed by atoms with E-state index in [1.165, 1.54) is 4.90 Å². The highest BCUT2D eigenvalue weighted by atomic mass is 16.5. The maximum Gasteiger partial charge on any atom is 0.322 e. The standard InChI is InChI=1S/C13H17N3O3/c1-19-10-5-2-4-9(8-10)15-13(18)16-7-3-6-11(16)12(14)17/h2,4-5,8,11H,3,6-7H2,1H3,(H2,14,17)(H,15,18). The lowest BCUT2D eigenvalue weighted by Gasteiger charge is -2.22. The van der Waals surface area contributed by atoms with Crippen LogP contribution in [-0.4, -0.2) is 36.5 Å². The van der Waals surface area contributed by atoms with Gasteiger partial charge >= 0.3 is 6.03 Å². The fourth-order valence-corrected chi connectivity index (χ4v) is 2.20. The molecule has 1 heterocycles. The Balaban J connectivity index is 2.06. The van der Waals surface area contributed by atoms with E-state index in [9.17, 15) is 9.59 Å². The number of ether oxygens (including phenoxy) is 1. The molecule has 3 amide bonds. The first-order valence-electron chi connectivity index (χ1n) is 6.13. The number of carbonyl (C=O) groups is 2. The van der Waals surface area contributed by atoms with Crippen molar-refractivity contribution in [1.29, 1.82) is 0 Å². The summed E-state index contributed by atoms with van der Waals surface area (Å²) in [7, 11) is 1.56. The van der Waals surface area contributed by atoms with Gasteiger partial charge < -0.3 is 20.7 Å². The Bertz CT molecular complexity index is 490. The van der Waals surface area contributed by atoms with Gasteiger partial charge in [-0.3, -0.25) is 4.79 Å². The van der Waals surface area contributed by atoms with Crippen LogP contribution in [0.25, 0.3) is 0 Å². The molecule has 1 aromatic carbocycles. The summed E-state index contributed by atoms with van der Waals surface area (Å²) in [4.78, 5) is 24.8. The minimum atomic E-state index is -0.509. The highest BCUT2D eigenvalue weighted by Gasteiger charge is 2.32. The van der Waals surface area contributed by atoms with Crippen LogP contribution in [-0.2, 0) is 4.79 Å². The quantitative estimate of drug-likeness (QED) is 0.858. The molecular formula is C13H17N3O3. The fourth-order valence-electron chi connectivity index (χ4n) is 2.20. The Hall–Kier alpha value is -2.24. The third-order valence-electron chi connectivity index (χ3n) is 3.16. The summed E-state index contributed by atoms with van der Waals surface area (Å²) in [5.74, 6) is 0.198. The van der Waals surface area contributed by atoms with Gasteiger partial charge in [-0.1, -0.05) is 6.07 Å². The van der Waals surface area contributed by atoms with E-state index < -0.39 is 11.9 Å². The van der Waals surface area contributed by atoms with Crippen molar-refractivity contribution in [2.45, 2.75) is 18.9 Å². The number of rotatable bonds is 3. The SMILES string of the molecule is COc1cccc(NC(=O)N2CCCC2C(N)=O)c1. The molecule has 0 saturated carbocycles. The van der Waals surface area contributed by atoms with Crippen LogP contribution in [0, 0.1) is 0 Å². The number of benzene rings is 1. The number of nitrogens with one attached hydrogen (secondary N) is 1. The van der Waals surface area contributed by atoms with Crippen molar-refractivity contribution in [3.05, 3.63) is 24.3 Å². The second-order valence-electron chi connectivity index (χ2n) is 4.42. The third kappa shape index (κ3) is 2.96. The fraction of sp³-hybridized carbons (Fsp3) is 0.385. The molecule has 0 aliphatic carbocycles. The molecule has 1 unspecified atom stereocenters. The zero-order valence-electron chi connectivity index (χ0n) is 10.8. The molecule has 0 radical (unpaired) electrons. The van der Waals surface area contributed by atoms with Gasteiger partial charge in [-0.15, -0.1) is 0 Å². The maximum atomic E-state index is 12.1. The molecule has 0 aromatic heterocycles. The van der Waals surface area contributed by atoms with Gasteiger partial charge in [0.15, 0.2) is 0 Å². The van der Waals surface area contributed by atoms with Crippen LogP contribution in [0.3, 0.4) is 0 Å². The molecule has 6 heteroatoms. The number of likely N-dealkylation sites (tertiary alicyclic amines) is 1. The van der Waals surface area contributed by atoms with Gasteiger partial charge in [0.25, 0.3) is 0 Å². The molecule has 1 atom stereocenters. The van der Waals surface area contributed by atoms with Gasteiger partial charge in [0.05, 0.1) is 7.11 Å². The molecular weight excluding hydrogens is 246 g/mol. The summed E-state index contributed by atoms with van der Waals surface area (Å²) < 4.78 is 5.08. The van der Waals surface area contributed by atoms with E-state index >= 15 is 0 Å². The number of hydrogen-bond acceptors (Lipinski definition) is 3. The van der Waals surface area contributed by atoms with Crippen molar-refractivity contribution in [2.24, 2.45) is 5.73 Å². The Morgan fingerprint density at radius 3 is 2.95 bits per heavy atom. The normalized spacial score (nSPS) is 18.2. The van der Waals surface area contributed by atoms with E-state index in [-0.39, 0.29) is 6.03 Å². The summed E-state index contributed by atoms with van der Waals surface area (Å²) in [6, 6.07) is 6.23. The number of amides is 3. The molecule has 3 N–H and O–H groups in total. The van der Waals surface area contributed by atoms with Gasteiger partial charge in [0, 0.05) is 18.3 Å². The van der Waals surface area contributed by atoms with Crippen LogP contribution in [0.5, 0.6) is 5.75 Å². The largest absolute Gasteiger partial charge is 0.497 e. The first-order valence-corrected chi connectivity index (χ1v) is 6.13. The maximum absolute atomic E-state index is 12.1. The van der Waals surface area contributed by atoms with E-state index in [0.29, 0.717) is 24.4 Å². The Labute approximate surface area is 111 Å². The van der Waals surface area contributed by atoms with E-state index in [2.05, 4.69) is 5.32 Å². The van der Waals surface area contributed by atoms with E-state index in [1.54, 1.807) is 31.4 Å². The van der Waals surface area contributed by atoms with Gasteiger partial charge in [0.1, 0.15) is 11.8 Å². The predicted molar refractivity (Wildman–Crippen MR) is 70.9 cm³/mol. The van der Waals surface area contributed by atoms with Gasteiger partial charge in [-0.2, -0.15) is 0 Å². The Morgan fingerprint density at radius 1 is 1.47 bits per heavy atom. The summed E-state index contributed by atoms with van der Waals surface area (Å²) in [5, 5.41) is 2.74. The molecule has 0 spiro atoms. The van der Waals surface area contributed by atoms with Gasteiger partial charge in [-0.25, -0.2) is 4.79 Å². The molecule has 6 nitrogen and oxygen atoms in total. The van der Waals surface area contributed by atoms with Gasteiger partial charge in [-0.05, 0) is 25.0 Å². The van der Waals surface area contributed by atoms with Crippen molar-refractivity contribution in [2.75, 3.05) is 19.0 Å². The van der Waals surface area contributed by atoms with Crippen molar-refractivity contribution in [3.8, 4) is 5.75 Å². The number of hydrogen-bond donors (Lipinski definition) is 2. The van der Waals surface area contributed by atoms with Crippen LogP contribution in [0.1, 0.15) is 12.8 Å². The molecule has 1 saturated heterocycles. The van der Waals surface area contributed by atoms with Crippen molar-refractivity contribution < 1.29 is 14.3 Å². The zero-order chi connectivity index (χ0) is 13.8. The topological polar surface area (TPSA) is 84.7 Å². The highest BCUT2D eigenvalue weighted by molar-refractivity contribution is 5.93. The predicted octanol–water partition coefficient (Wildman–Crippen LogP) is 1.18. The van der Waals surface area contributed by atoms with Crippen molar-refractivity contribution in [1.82, 2.24) is 4.90 Å². The number of urea groups is 1. The molecule has 1 fully saturated rings. The number of nitrogens with two attached hydrogens (primary N) is 1. The third-order valence-corrected chi connectivity index (χ3v) is 3.16. The van der Waals surface area contributed by atoms with Crippen LogP contribution in [0.2, 0.25) is 0 Å². The van der Waals surface area contributed by atoms with E-state index in [4.69, 9.17) is 10.5 Å². The van der Waals surface area contributed by atoms with Crippen molar-refractivity contribution in [3.63, 3.8) is 0 Å². The van der Waals surface area contributed by atoms with Crippen LogP contribution < -0.4 is 15.8 Å². The molecule has 19 heavy (non-hydrogen) atoms. The lowest BCUT2D eigenvalue weighted by Crippen LogP contribution is -2.45. The molecule has 2 rings (SSSR count). The molecule has 1 aliphatic rings. The molecule has 1 aliphatic heterocycles. The average Bonchev–Trinajstić information content (AvgIpc) is 2.88. The van der Waals surface area contributed by atoms with Crippen LogP contribution in [0.15, 0.2) is 24.3 Å². The minimum Gasteiger partial charge on any atom is -0.497 e. The molecule has 0 bridgehead atoms. The second kappa shape index (κ2) is 5.60. The first-order chi connectivity index (χ1) is 9.11.